The lowest BCUT2D eigenvalue weighted by Gasteiger charge is -2.14. The zero-order chi connectivity index (χ0) is 14.7. The van der Waals surface area contributed by atoms with E-state index in [2.05, 4.69) is 0 Å². The molecule has 2 N–H and O–H groups in total. The van der Waals surface area contributed by atoms with Gasteiger partial charge in [0.25, 0.3) is 0 Å². The Hall–Kier alpha value is -1.65. The van der Waals surface area contributed by atoms with Gasteiger partial charge >= 0.3 is 0 Å². The lowest BCUT2D eigenvalue weighted by molar-refractivity contribution is 0.295. The first-order chi connectivity index (χ1) is 9.49. The van der Waals surface area contributed by atoms with Crippen LogP contribution in [0.4, 0.5) is 8.78 Å². The third-order valence-electron chi connectivity index (χ3n) is 2.88. The normalized spacial score (nSPS) is 12.2. The monoisotopic (exact) mass is 297 g/mol. The van der Waals surface area contributed by atoms with Crippen LogP contribution < -0.4 is 10.5 Å². The second-order valence-electron chi connectivity index (χ2n) is 4.47. The van der Waals surface area contributed by atoms with E-state index in [0.29, 0.717) is 16.9 Å². The Morgan fingerprint density at radius 3 is 2.70 bits per heavy atom. The van der Waals surface area contributed by atoms with Crippen molar-refractivity contribution >= 4 is 11.6 Å². The van der Waals surface area contributed by atoms with Crippen molar-refractivity contribution in [3.8, 4) is 5.75 Å². The summed E-state index contributed by atoms with van der Waals surface area (Å²) >= 11 is 5.70. The molecule has 2 rings (SSSR count). The number of rotatable bonds is 4. The number of halogens is 3. The van der Waals surface area contributed by atoms with Crippen LogP contribution in [0.5, 0.6) is 5.75 Å². The van der Waals surface area contributed by atoms with Crippen molar-refractivity contribution < 1.29 is 13.5 Å². The number of ether oxygens (including phenoxy) is 1. The molecule has 1 unspecified atom stereocenters. The molecule has 20 heavy (non-hydrogen) atoms. The van der Waals surface area contributed by atoms with Gasteiger partial charge in [-0.25, -0.2) is 8.78 Å². The average Bonchev–Trinajstić information content (AvgIpc) is 2.41. The van der Waals surface area contributed by atoms with E-state index >= 15 is 0 Å². The summed E-state index contributed by atoms with van der Waals surface area (Å²) < 4.78 is 32.5. The van der Waals surface area contributed by atoms with Crippen molar-refractivity contribution in [1.82, 2.24) is 0 Å². The summed E-state index contributed by atoms with van der Waals surface area (Å²) in [6.45, 7) is 1.72. The summed E-state index contributed by atoms with van der Waals surface area (Å²) in [5.74, 6) is -0.474. The van der Waals surface area contributed by atoms with Crippen LogP contribution in [0.2, 0.25) is 5.02 Å². The molecule has 0 saturated heterocycles. The molecule has 0 aromatic heterocycles. The number of benzene rings is 2. The molecule has 2 nitrogen and oxygen atoms in total. The molecule has 0 aliphatic rings. The van der Waals surface area contributed by atoms with Crippen LogP contribution in [0.15, 0.2) is 36.4 Å². The lowest BCUT2D eigenvalue weighted by Crippen LogP contribution is -2.09. The van der Waals surface area contributed by atoms with Crippen molar-refractivity contribution in [2.24, 2.45) is 5.73 Å². The molecule has 0 aliphatic carbocycles. The maximum Gasteiger partial charge on any atom is 0.148 e. The zero-order valence-corrected chi connectivity index (χ0v) is 11.6. The quantitative estimate of drug-likeness (QED) is 0.917. The fourth-order valence-electron chi connectivity index (χ4n) is 1.82. The minimum absolute atomic E-state index is 0.00224. The average molecular weight is 298 g/mol. The number of hydrogen-bond donors (Lipinski definition) is 1. The summed E-state index contributed by atoms with van der Waals surface area (Å²) in [7, 11) is 0. The molecule has 0 aliphatic heterocycles. The van der Waals surface area contributed by atoms with E-state index in [-0.39, 0.29) is 17.7 Å². The van der Waals surface area contributed by atoms with E-state index in [1.807, 2.05) is 0 Å². The second-order valence-corrected chi connectivity index (χ2v) is 4.88. The fraction of sp³-hybridized carbons (Fsp3) is 0.200. The minimum atomic E-state index is -0.515. The predicted molar refractivity (Wildman–Crippen MR) is 74.7 cm³/mol. The van der Waals surface area contributed by atoms with Crippen molar-refractivity contribution in [2.45, 2.75) is 19.6 Å². The third kappa shape index (κ3) is 3.26. The topological polar surface area (TPSA) is 35.2 Å². The Morgan fingerprint density at radius 2 is 2.00 bits per heavy atom. The van der Waals surface area contributed by atoms with Gasteiger partial charge in [0.1, 0.15) is 24.0 Å². The summed E-state index contributed by atoms with van der Waals surface area (Å²) in [5.41, 5.74) is 6.63. The molecule has 5 heteroatoms. The molecule has 0 amide bonds. The number of nitrogens with two attached hydrogens (primary N) is 1. The van der Waals surface area contributed by atoms with Crippen molar-refractivity contribution in [2.75, 3.05) is 0 Å². The molecule has 106 valence electrons. The first-order valence-electron chi connectivity index (χ1n) is 6.09. The standard InChI is InChI=1S/C15H14ClF2NO/c1-9(19)12-7-11(17)5-6-14(12)20-8-10-3-2-4-13(16)15(10)18/h2-7,9H,8,19H2,1H3. The van der Waals surface area contributed by atoms with E-state index in [0.717, 1.165) is 0 Å². The fourth-order valence-corrected chi connectivity index (χ4v) is 2.02. The van der Waals surface area contributed by atoms with Crippen LogP contribution in [0, 0.1) is 11.6 Å². The lowest BCUT2D eigenvalue weighted by atomic mass is 10.1. The molecular formula is C15H14ClF2NO. The van der Waals surface area contributed by atoms with Crippen molar-refractivity contribution in [3.63, 3.8) is 0 Å². The summed E-state index contributed by atoms with van der Waals surface area (Å²) in [5, 5.41) is 0.0395. The first-order valence-corrected chi connectivity index (χ1v) is 6.47. The summed E-state index contributed by atoms with van der Waals surface area (Å²) in [6, 6.07) is 8.37. The second kappa shape index (κ2) is 6.20. The molecule has 0 heterocycles. The van der Waals surface area contributed by atoms with Gasteiger partial charge in [-0.05, 0) is 31.2 Å². The van der Waals surface area contributed by atoms with Crippen molar-refractivity contribution in [1.29, 1.82) is 0 Å². The van der Waals surface area contributed by atoms with E-state index in [1.54, 1.807) is 19.1 Å². The van der Waals surface area contributed by atoms with E-state index in [4.69, 9.17) is 22.1 Å². The highest BCUT2D eigenvalue weighted by Crippen LogP contribution is 2.26. The summed E-state index contributed by atoms with van der Waals surface area (Å²) in [4.78, 5) is 0. The Balaban J connectivity index is 2.21. The van der Waals surface area contributed by atoms with Gasteiger partial charge in [-0.2, -0.15) is 0 Å². The molecular weight excluding hydrogens is 284 g/mol. The molecule has 2 aromatic rings. The molecule has 0 spiro atoms. The smallest absolute Gasteiger partial charge is 0.148 e. The van der Waals surface area contributed by atoms with Gasteiger partial charge < -0.3 is 10.5 Å². The Kier molecular flexibility index (Phi) is 4.57. The van der Waals surface area contributed by atoms with Crippen LogP contribution in [-0.2, 0) is 6.61 Å². The third-order valence-corrected chi connectivity index (χ3v) is 3.17. The van der Waals surface area contributed by atoms with E-state index < -0.39 is 11.6 Å². The van der Waals surface area contributed by atoms with Crippen LogP contribution in [0.3, 0.4) is 0 Å². The van der Waals surface area contributed by atoms with Crippen molar-refractivity contribution in [3.05, 3.63) is 64.2 Å². The number of hydrogen-bond acceptors (Lipinski definition) is 2. The molecule has 1 atom stereocenters. The highest BCUT2D eigenvalue weighted by Gasteiger charge is 2.12. The van der Waals surface area contributed by atoms with Gasteiger partial charge in [-0.15, -0.1) is 0 Å². The van der Waals surface area contributed by atoms with Gasteiger partial charge in [-0.1, -0.05) is 23.7 Å². The maximum absolute atomic E-state index is 13.7. The Morgan fingerprint density at radius 1 is 1.25 bits per heavy atom. The maximum atomic E-state index is 13.7. The van der Waals surface area contributed by atoms with Crippen LogP contribution in [-0.4, -0.2) is 0 Å². The van der Waals surface area contributed by atoms with Gasteiger partial charge in [0.2, 0.25) is 0 Å². The van der Waals surface area contributed by atoms with Gasteiger partial charge in [0.15, 0.2) is 0 Å². The molecule has 0 fully saturated rings. The molecule has 0 radical (unpaired) electrons. The zero-order valence-electron chi connectivity index (χ0n) is 10.9. The SMILES string of the molecule is CC(N)c1cc(F)ccc1OCc1cccc(Cl)c1F. The largest absolute Gasteiger partial charge is 0.488 e. The van der Waals surface area contributed by atoms with Gasteiger partial charge in [-0.3, -0.25) is 0 Å². The first kappa shape index (κ1) is 14.8. The van der Waals surface area contributed by atoms with Crippen LogP contribution >= 0.6 is 11.6 Å². The highest BCUT2D eigenvalue weighted by molar-refractivity contribution is 6.30. The van der Waals surface area contributed by atoms with Crippen LogP contribution in [0.1, 0.15) is 24.1 Å². The van der Waals surface area contributed by atoms with E-state index in [1.165, 1.54) is 24.3 Å². The highest BCUT2D eigenvalue weighted by atomic mass is 35.5. The minimum Gasteiger partial charge on any atom is -0.488 e. The molecule has 0 saturated carbocycles. The molecule has 0 bridgehead atoms. The van der Waals surface area contributed by atoms with Gasteiger partial charge in [0, 0.05) is 17.2 Å². The Labute approximate surface area is 121 Å². The summed E-state index contributed by atoms with van der Waals surface area (Å²) in [6.07, 6.45) is 0. The van der Waals surface area contributed by atoms with Crippen LogP contribution in [0.25, 0.3) is 0 Å². The predicted octanol–water partition coefficient (Wildman–Crippen LogP) is 4.22. The van der Waals surface area contributed by atoms with Gasteiger partial charge in [0.05, 0.1) is 5.02 Å². The Bertz CT molecular complexity index is 617. The van der Waals surface area contributed by atoms with E-state index in [9.17, 15) is 8.78 Å². The molecule has 2 aromatic carbocycles.